The Hall–Kier alpha value is -2.83. The van der Waals surface area contributed by atoms with E-state index in [1.165, 1.54) is 30.8 Å². The molecule has 0 bridgehead atoms. The average Bonchev–Trinajstić information content (AvgIpc) is 2.79. The summed E-state index contributed by atoms with van der Waals surface area (Å²) in [4.78, 5) is 49.9. The molecule has 1 aromatic rings. The van der Waals surface area contributed by atoms with Gasteiger partial charge in [0, 0.05) is 6.42 Å². The van der Waals surface area contributed by atoms with E-state index in [0.717, 1.165) is 0 Å². The van der Waals surface area contributed by atoms with Crippen LogP contribution in [0.5, 0.6) is 5.75 Å². The van der Waals surface area contributed by atoms with Crippen molar-refractivity contribution in [3.63, 3.8) is 0 Å². The minimum atomic E-state index is -1.47. The van der Waals surface area contributed by atoms with Gasteiger partial charge in [-0.05, 0) is 49.0 Å². The highest BCUT2D eigenvalue weighted by molar-refractivity contribution is 7.98. The molecule has 35 heavy (non-hydrogen) atoms. The van der Waals surface area contributed by atoms with E-state index < -0.39 is 59.9 Å². The quantitative estimate of drug-likeness (QED) is 0.174. The number of benzene rings is 1. The number of nitrogens with one attached hydrogen (secondary N) is 3. The Morgan fingerprint density at radius 2 is 1.51 bits per heavy atom. The number of thioether (sulfide) groups is 1. The number of aromatic hydroxyl groups is 1. The number of rotatable bonds is 14. The van der Waals surface area contributed by atoms with Gasteiger partial charge in [0.2, 0.25) is 17.7 Å². The molecular weight excluding hydrogens is 476 g/mol. The molecule has 0 heterocycles. The van der Waals surface area contributed by atoms with Crippen LogP contribution in [0.4, 0.5) is 0 Å². The lowest BCUT2D eigenvalue weighted by Gasteiger charge is -2.27. The highest BCUT2D eigenvalue weighted by Gasteiger charge is 2.33. The van der Waals surface area contributed by atoms with Crippen molar-refractivity contribution in [2.45, 2.75) is 63.9 Å². The molecule has 0 saturated carbocycles. The third kappa shape index (κ3) is 10.1. The Kier molecular flexibility index (Phi) is 12.5. The zero-order valence-electron chi connectivity index (χ0n) is 20.4. The van der Waals surface area contributed by atoms with Crippen molar-refractivity contribution in [1.82, 2.24) is 16.0 Å². The van der Waals surface area contributed by atoms with Gasteiger partial charge < -0.3 is 37.0 Å². The molecule has 8 N–H and O–H groups in total. The fourth-order valence-corrected chi connectivity index (χ4v) is 3.64. The molecule has 5 unspecified atom stereocenters. The van der Waals surface area contributed by atoms with Crippen LogP contribution < -0.4 is 21.7 Å². The number of aliphatic hydroxyl groups is 1. The van der Waals surface area contributed by atoms with E-state index in [-0.39, 0.29) is 12.2 Å². The van der Waals surface area contributed by atoms with Crippen LogP contribution >= 0.6 is 11.8 Å². The number of aliphatic carboxylic acids is 1. The zero-order chi connectivity index (χ0) is 26.7. The van der Waals surface area contributed by atoms with Crippen molar-refractivity contribution in [2.24, 2.45) is 11.7 Å². The molecule has 1 aromatic carbocycles. The number of phenols is 1. The number of carboxylic acids is 1. The fourth-order valence-electron chi connectivity index (χ4n) is 3.15. The van der Waals surface area contributed by atoms with Crippen LogP contribution in [0.3, 0.4) is 0 Å². The Labute approximate surface area is 209 Å². The fraction of sp³-hybridized carbons (Fsp3) is 0.565. The molecule has 11 nitrogen and oxygen atoms in total. The second-order valence-electron chi connectivity index (χ2n) is 8.62. The number of amides is 3. The SMILES string of the molecule is CSCCC(N)C(=O)NC(Cc1ccc(O)cc1)C(=O)NC(C(=O)NC(C(=O)O)C(C)C)C(C)O. The first kappa shape index (κ1) is 30.2. The van der Waals surface area contributed by atoms with Gasteiger partial charge in [-0.1, -0.05) is 26.0 Å². The minimum absolute atomic E-state index is 0.0188. The maximum absolute atomic E-state index is 13.1. The average molecular weight is 513 g/mol. The Morgan fingerprint density at radius 1 is 0.943 bits per heavy atom. The van der Waals surface area contributed by atoms with Crippen molar-refractivity contribution >= 4 is 35.5 Å². The van der Waals surface area contributed by atoms with Crippen LogP contribution in [-0.4, -0.2) is 81.3 Å². The van der Waals surface area contributed by atoms with E-state index in [9.17, 15) is 34.5 Å². The molecule has 0 aromatic heterocycles. The second kappa shape index (κ2) is 14.5. The van der Waals surface area contributed by atoms with E-state index >= 15 is 0 Å². The molecule has 0 aliphatic heterocycles. The van der Waals surface area contributed by atoms with Gasteiger partial charge in [-0.15, -0.1) is 0 Å². The third-order valence-electron chi connectivity index (χ3n) is 5.27. The number of aliphatic hydroxyl groups excluding tert-OH is 1. The van der Waals surface area contributed by atoms with Gasteiger partial charge in [0.05, 0.1) is 12.1 Å². The molecule has 1 rings (SSSR count). The summed E-state index contributed by atoms with van der Waals surface area (Å²) >= 11 is 1.52. The Bertz CT molecular complexity index is 864. The highest BCUT2D eigenvalue weighted by Crippen LogP contribution is 2.12. The molecule has 12 heteroatoms. The smallest absolute Gasteiger partial charge is 0.326 e. The van der Waals surface area contributed by atoms with Gasteiger partial charge in [0.25, 0.3) is 0 Å². The first-order valence-electron chi connectivity index (χ1n) is 11.2. The van der Waals surface area contributed by atoms with E-state index in [2.05, 4.69) is 16.0 Å². The van der Waals surface area contributed by atoms with Crippen molar-refractivity contribution in [3.05, 3.63) is 29.8 Å². The summed E-state index contributed by atoms with van der Waals surface area (Å²) < 4.78 is 0. The predicted molar refractivity (Wildman–Crippen MR) is 133 cm³/mol. The van der Waals surface area contributed by atoms with Crippen LogP contribution in [0.1, 0.15) is 32.8 Å². The van der Waals surface area contributed by atoms with Crippen molar-refractivity contribution in [3.8, 4) is 5.75 Å². The summed E-state index contributed by atoms with van der Waals surface area (Å²) in [6.45, 7) is 4.50. The summed E-state index contributed by atoms with van der Waals surface area (Å²) in [5.74, 6) is -3.20. The van der Waals surface area contributed by atoms with Gasteiger partial charge in [0.15, 0.2) is 0 Å². The topological polar surface area (TPSA) is 191 Å². The molecule has 0 aliphatic rings. The standard InChI is InChI=1S/C23H36N4O7S/c1-12(2)18(23(33)34)26-22(32)19(13(3)28)27-21(31)17(11-14-5-7-15(29)8-6-14)25-20(30)16(24)9-10-35-4/h5-8,12-13,16-19,28-29H,9-11,24H2,1-4H3,(H,25,30)(H,26,32)(H,27,31)(H,33,34). The van der Waals surface area contributed by atoms with E-state index in [1.54, 1.807) is 26.0 Å². The van der Waals surface area contributed by atoms with Gasteiger partial charge in [0.1, 0.15) is 23.9 Å². The number of carboxylic acid groups (broad SMARTS) is 1. The number of carbonyl (C=O) groups excluding carboxylic acids is 3. The van der Waals surface area contributed by atoms with Crippen molar-refractivity contribution in [1.29, 1.82) is 0 Å². The third-order valence-corrected chi connectivity index (χ3v) is 5.92. The van der Waals surface area contributed by atoms with E-state index in [4.69, 9.17) is 5.73 Å². The first-order chi connectivity index (χ1) is 16.4. The van der Waals surface area contributed by atoms with E-state index in [0.29, 0.717) is 17.7 Å². The lowest BCUT2D eigenvalue weighted by molar-refractivity contribution is -0.144. The lowest BCUT2D eigenvalue weighted by Crippen LogP contribution is -2.60. The summed E-state index contributed by atoms with van der Waals surface area (Å²) in [6, 6.07) is 1.33. The van der Waals surface area contributed by atoms with Gasteiger partial charge >= 0.3 is 5.97 Å². The molecule has 0 aliphatic carbocycles. The van der Waals surface area contributed by atoms with Crippen LogP contribution in [0.2, 0.25) is 0 Å². The normalized spacial score (nSPS) is 15.4. The number of hydrogen-bond acceptors (Lipinski definition) is 8. The van der Waals surface area contributed by atoms with Crippen LogP contribution in [0.15, 0.2) is 24.3 Å². The molecule has 0 radical (unpaired) electrons. The van der Waals surface area contributed by atoms with Crippen molar-refractivity contribution < 1.29 is 34.5 Å². The molecule has 3 amide bonds. The minimum Gasteiger partial charge on any atom is -0.508 e. The number of nitrogens with two attached hydrogens (primary N) is 1. The Balaban J connectivity index is 3.09. The molecule has 5 atom stereocenters. The molecular formula is C23H36N4O7S. The molecule has 196 valence electrons. The largest absolute Gasteiger partial charge is 0.508 e. The number of carbonyl (C=O) groups is 4. The monoisotopic (exact) mass is 512 g/mol. The molecule has 0 spiro atoms. The van der Waals surface area contributed by atoms with Crippen LogP contribution in [0, 0.1) is 5.92 Å². The lowest BCUT2D eigenvalue weighted by atomic mass is 10.0. The van der Waals surface area contributed by atoms with Gasteiger partial charge in [-0.3, -0.25) is 14.4 Å². The maximum Gasteiger partial charge on any atom is 0.326 e. The Morgan fingerprint density at radius 3 is 2.00 bits per heavy atom. The maximum atomic E-state index is 13.1. The second-order valence-corrected chi connectivity index (χ2v) is 9.60. The number of phenolic OH excluding ortho intramolecular Hbond substituents is 1. The van der Waals surface area contributed by atoms with Crippen LogP contribution in [-0.2, 0) is 25.6 Å². The summed E-state index contributed by atoms with van der Waals surface area (Å²) in [7, 11) is 0. The van der Waals surface area contributed by atoms with E-state index in [1.807, 2.05) is 6.26 Å². The zero-order valence-corrected chi connectivity index (χ0v) is 21.2. The predicted octanol–water partition coefficient (Wildman–Crippen LogP) is -0.409. The van der Waals surface area contributed by atoms with Crippen molar-refractivity contribution in [2.75, 3.05) is 12.0 Å². The van der Waals surface area contributed by atoms with Gasteiger partial charge in [-0.2, -0.15) is 11.8 Å². The summed E-state index contributed by atoms with van der Waals surface area (Å²) in [5.41, 5.74) is 6.54. The molecule has 0 saturated heterocycles. The summed E-state index contributed by atoms with van der Waals surface area (Å²) in [6.07, 6.45) is 0.936. The van der Waals surface area contributed by atoms with Gasteiger partial charge in [-0.25, -0.2) is 4.79 Å². The first-order valence-corrected chi connectivity index (χ1v) is 12.6. The summed E-state index contributed by atoms with van der Waals surface area (Å²) in [5, 5.41) is 36.3. The number of hydrogen-bond donors (Lipinski definition) is 7. The molecule has 0 fully saturated rings. The highest BCUT2D eigenvalue weighted by atomic mass is 32.2. The van der Waals surface area contributed by atoms with Crippen LogP contribution in [0.25, 0.3) is 0 Å².